The number of nitrogens with two attached hydrogens (primary N) is 1. The van der Waals surface area contributed by atoms with Crippen molar-refractivity contribution in [1.82, 2.24) is 4.90 Å². The molecule has 17 heavy (non-hydrogen) atoms. The maximum atomic E-state index is 12.1. The van der Waals surface area contributed by atoms with E-state index >= 15 is 0 Å². The Balaban J connectivity index is 2.01. The van der Waals surface area contributed by atoms with Crippen LogP contribution in [0.5, 0.6) is 0 Å². The first-order valence-electron chi connectivity index (χ1n) is 5.61. The zero-order valence-corrected chi connectivity index (χ0v) is 9.43. The van der Waals surface area contributed by atoms with Crippen LogP contribution >= 0.6 is 0 Å². The lowest BCUT2D eigenvalue weighted by Crippen LogP contribution is -2.33. The number of alkyl halides is 3. The summed E-state index contributed by atoms with van der Waals surface area (Å²) in [6.45, 7) is 1.25. The fraction of sp³-hybridized carbons (Fsp3) is 0.500. The van der Waals surface area contributed by atoms with Gasteiger partial charge in [-0.3, -0.25) is 4.90 Å². The Hall–Kier alpha value is -1.23. The Morgan fingerprint density at radius 2 is 2.06 bits per heavy atom. The molecule has 0 spiro atoms. The van der Waals surface area contributed by atoms with E-state index in [1.54, 1.807) is 6.07 Å². The van der Waals surface area contributed by atoms with E-state index in [9.17, 15) is 13.2 Å². The number of fused-ring (bicyclic) bond motifs is 1. The molecule has 0 atom stereocenters. The molecule has 2 rings (SSSR count). The predicted molar refractivity (Wildman–Crippen MR) is 60.5 cm³/mol. The number of rotatable bonds is 2. The summed E-state index contributed by atoms with van der Waals surface area (Å²) in [5, 5.41) is 0. The minimum absolute atomic E-state index is 0.0529. The summed E-state index contributed by atoms with van der Waals surface area (Å²) in [5.41, 5.74) is 8.66. The van der Waals surface area contributed by atoms with Gasteiger partial charge in [0.25, 0.3) is 0 Å². The van der Waals surface area contributed by atoms with Crippen LogP contribution in [0, 0.1) is 0 Å². The van der Waals surface area contributed by atoms with Crippen molar-refractivity contribution in [3.63, 3.8) is 0 Å². The van der Waals surface area contributed by atoms with E-state index in [2.05, 4.69) is 0 Å². The lowest BCUT2D eigenvalue weighted by molar-refractivity contribution is -0.138. The number of anilines is 1. The molecular formula is C12H15F3N2. The van der Waals surface area contributed by atoms with Crippen LogP contribution in [0.3, 0.4) is 0 Å². The van der Waals surface area contributed by atoms with Crippen molar-refractivity contribution >= 4 is 5.69 Å². The molecule has 0 fully saturated rings. The van der Waals surface area contributed by atoms with Crippen molar-refractivity contribution in [1.29, 1.82) is 0 Å². The standard InChI is InChI=1S/C12H15F3N2/c13-12(14,15)5-7-17-6-4-9-2-1-3-11(16)10(9)8-17/h1-3H,4-8,16H2. The molecule has 0 aromatic heterocycles. The van der Waals surface area contributed by atoms with Crippen LogP contribution in [0.2, 0.25) is 0 Å². The van der Waals surface area contributed by atoms with E-state index in [1.807, 2.05) is 17.0 Å². The van der Waals surface area contributed by atoms with Crippen molar-refractivity contribution < 1.29 is 13.2 Å². The van der Waals surface area contributed by atoms with Gasteiger partial charge in [0, 0.05) is 25.3 Å². The highest BCUT2D eigenvalue weighted by molar-refractivity contribution is 5.51. The van der Waals surface area contributed by atoms with Gasteiger partial charge in [0.2, 0.25) is 0 Å². The number of hydrogen-bond donors (Lipinski definition) is 1. The summed E-state index contributed by atoms with van der Waals surface area (Å²) in [5.74, 6) is 0. The van der Waals surface area contributed by atoms with Crippen molar-refractivity contribution in [2.75, 3.05) is 18.8 Å². The molecule has 0 bridgehead atoms. The van der Waals surface area contributed by atoms with E-state index in [1.165, 1.54) is 0 Å². The Morgan fingerprint density at radius 1 is 1.29 bits per heavy atom. The molecule has 0 saturated carbocycles. The summed E-state index contributed by atoms with van der Waals surface area (Å²) in [6.07, 6.45) is -4.06. The smallest absolute Gasteiger partial charge is 0.390 e. The highest BCUT2D eigenvalue weighted by Gasteiger charge is 2.28. The molecule has 1 aliphatic heterocycles. The number of nitrogens with zero attached hydrogens (tertiary/aromatic N) is 1. The summed E-state index contributed by atoms with van der Waals surface area (Å²) < 4.78 is 36.4. The quantitative estimate of drug-likeness (QED) is 0.810. The largest absolute Gasteiger partial charge is 0.398 e. The fourth-order valence-electron chi connectivity index (χ4n) is 2.14. The van der Waals surface area contributed by atoms with Gasteiger partial charge in [-0.25, -0.2) is 0 Å². The van der Waals surface area contributed by atoms with Crippen LogP contribution < -0.4 is 5.73 Å². The molecule has 94 valence electrons. The number of benzene rings is 1. The third-order valence-electron chi connectivity index (χ3n) is 3.10. The van der Waals surface area contributed by atoms with Gasteiger partial charge in [-0.2, -0.15) is 13.2 Å². The molecule has 0 radical (unpaired) electrons. The topological polar surface area (TPSA) is 29.3 Å². The molecule has 0 aliphatic carbocycles. The minimum Gasteiger partial charge on any atom is -0.398 e. The summed E-state index contributed by atoms with van der Waals surface area (Å²) in [4.78, 5) is 1.81. The van der Waals surface area contributed by atoms with Gasteiger partial charge in [-0.1, -0.05) is 12.1 Å². The molecule has 0 unspecified atom stereocenters. The SMILES string of the molecule is Nc1cccc2c1CN(CCC(F)(F)F)CC2. The lowest BCUT2D eigenvalue weighted by atomic mass is 9.98. The van der Waals surface area contributed by atoms with Crippen LogP contribution in [0.25, 0.3) is 0 Å². The average Bonchev–Trinajstić information content (AvgIpc) is 2.26. The molecule has 5 heteroatoms. The van der Waals surface area contributed by atoms with Crippen LogP contribution in [0.4, 0.5) is 18.9 Å². The van der Waals surface area contributed by atoms with E-state index in [-0.39, 0.29) is 6.54 Å². The second-order valence-electron chi connectivity index (χ2n) is 4.38. The molecule has 0 amide bonds. The molecule has 1 aliphatic rings. The van der Waals surface area contributed by atoms with Gasteiger partial charge in [0.15, 0.2) is 0 Å². The molecular weight excluding hydrogens is 229 g/mol. The number of hydrogen-bond acceptors (Lipinski definition) is 2. The van der Waals surface area contributed by atoms with Crippen LogP contribution in [0.15, 0.2) is 18.2 Å². The maximum absolute atomic E-state index is 12.1. The van der Waals surface area contributed by atoms with E-state index in [0.29, 0.717) is 18.8 Å². The van der Waals surface area contributed by atoms with Gasteiger partial charge in [0.05, 0.1) is 6.42 Å². The zero-order valence-electron chi connectivity index (χ0n) is 9.43. The van der Waals surface area contributed by atoms with E-state index in [4.69, 9.17) is 5.73 Å². The van der Waals surface area contributed by atoms with Gasteiger partial charge >= 0.3 is 6.18 Å². The van der Waals surface area contributed by atoms with Gasteiger partial charge < -0.3 is 5.73 Å². The Bertz CT molecular complexity index is 401. The monoisotopic (exact) mass is 244 g/mol. The third kappa shape index (κ3) is 3.12. The zero-order chi connectivity index (χ0) is 12.5. The molecule has 1 aromatic rings. The summed E-state index contributed by atoms with van der Waals surface area (Å²) in [6, 6.07) is 5.68. The third-order valence-corrected chi connectivity index (χ3v) is 3.10. The van der Waals surface area contributed by atoms with Gasteiger partial charge in [-0.05, 0) is 23.6 Å². The maximum Gasteiger partial charge on any atom is 0.390 e. The summed E-state index contributed by atoms with van der Waals surface area (Å²) >= 11 is 0. The molecule has 1 heterocycles. The van der Waals surface area contributed by atoms with Crippen molar-refractivity contribution in [3.05, 3.63) is 29.3 Å². The van der Waals surface area contributed by atoms with Crippen molar-refractivity contribution in [2.45, 2.75) is 25.6 Å². The first-order chi connectivity index (χ1) is 7.96. The lowest BCUT2D eigenvalue weighted by Gasteiger charge is -2.29. The molecule has 0 saturated heterocycles. The molecule has 2 nitrogen and oxygen atoms in total. The first kappa shape index (κ1) is 12.2. The van der Waals surface area contributed by atoms with E-state index < -0.39 is 12.6 Å². The average molecular weight is 244 g/mol. The van der Waals surface area contributed by atoms with Crippen molar-refractivity contribution in [3.8, 4) is 0 Å². The number of nitrogen functional groups attached to an aromatic ring is 1. The van der Waals surface area contributed by atoms with Crippen molar-refractivity contribution in [2.24, 2.45) is 0 Å². The Morgan fingerprint density at radius 3 is 2.76 bits per heavy atom. The van der Waals surface area contributed by atoms with E-state index in [0.717, 1.165) is 17.5 Å². The molecule has 1 aromatic carbocycles. The van der Waals surface area contributed by atoms with Crippen LogP contribution in [0.1, 0.15) is 17.5 Å². The first-order valence-corrected chi connectivity index (χ1v) is 5.61. The summed E-state index contributed by atoms with van der Waals surface area (Å²) in [7, 11) is 0. The second kappa shape index (κ2) is 4.56. The fourth-order valence-corrected chi connectivity index (χ4v) is 2.14. The van der Waals surface area contributed by atoms with Crippen LogP contribution in [-0.4, -0.2) is 24.2 Å². The normalized spacial score (nSPS) is 16.9. The van der Waals surface area contributed by atoms with Crippen LogP contribution in [-0.2, 0) is 13.0 Å². The second-order valence-corrected chi connectivity index (χ2v) is 4.38. The number of halogens is 3. The molecule has 2 N–H and O–H groups in total. The Labute approximate surface area is 98.2 Å². The highest BCUT2D eigenvalue weighted by atomic mass is 19.4. The predicted octanol–water partition coefficient (Wildman–Crippen LogP) is 2.58. The van der Waals surface area contributed by atoms with Gasteiger partial charge in [0.1, 0.15) is 0 Å². The van der Waals surface area contributed by atoms with Gasteiger partial charge in [-0.15, -0.1) is 0 Å². The minimum atomic E-state index is -4.08. The Kier molecular flexibility index (Phi) is 3.28. The highest BCUT2D eigenvalue weighted by Crippen LogP contribution is 2.26.